The first-order chi connectivity index (χ1) is 18.8. The van der Waals surface area contributed by atoms with Crippen molar-refractivity contribution in [3.8, 4) is 6.01 Å². The number of hydrogen-bond acceptors (Lipinski definition) is 9. The van der Waals surface area contributed by atoms with Crippen LogP contribution in [0.15, 0.2) is 12.3 Å². The summed E-state index contributed by atoms with van der Waals surface area (Å²) in [6, 6.07) is 1.69. The zero-order valence-corrected chi connectivity index (χ0v) is 24.3. The van der Waals surface area contributed by atoms with E-state index in [1.54, 1.807) is 10.8 Å². The summed E-state index contributed by atoms with van der Waals surface area (Å²) in [5.74, 6) is -0.379. The van der Waals surface area contributed by atoms with Crippen molar-refractivity contribution in [3.05, 3.63) is 17.8 Å². The first-order valence-corrected chi connectivity index (χ1v) is 16.1. The lowest BCUT2D eigenvalue weighted by Crippen LogP contribution is -2.39. The quantitative estimate of drug-likeness (QED) is 0.117. The third-order valence-corrected chi connectivity index (χ3v) is 8.02. The molecule has 1 saturated heterocycles. The van der Waals surface area contributed by atoms with Crippen LogP contribution in [0, 0.1) is 5.41 Å². The number of unbranched alkanes of at least 4 members (excludes halogenated alkanes) is 11. The fourth-order valence-corrected chi connectivity index (χ4v) is 5.59. The number of aromatic nitrogens is 2. The fourth-order valence-electron chi connectivity index (χ4n) is 4.82. The SMILES string of the molecule is CCCCCCCCCCCCCC(=O)OC1C(COP(=O)(O)OCCCC)OC2C1Oc1nc(=N)ccn12. The maximum Gasteiger partial charge on any atom is 0.472 e. The predicted octanol–water partition coefficient (Wildman–Crippen LogP) is 5.57. The Balaban J connectivity index is 1.46. The summed E-state index contributed by atoms with van der Waals surface area (Å²) in [7, 11) is -4.28. The summed E-state index contributed by atoms with van der Waals surface area (Å²) in [5, 5.41) is 7.74. The van der Waals surface area contributed by atoms with Crippen LogP contribution in [0.1, 0.15) is 110 Å². The molecule has 3 heterocycles. The fraction of sp³-hybridized carbons (Fsp3) is 0.815. The van der Waals surface area contributed by atoms with Gasteiger partial charge in [-0.1, -0.05) is 84.5 Å². The van der Waals surface area contributed by atoms with E-state index in [0.29, 0.717) is 6.42 Å². The van der Waals surface area contributed by atoms with Gasteiger partial charge in [0.2, 0.25) is 0 Å². The minimum absolute atomic E-state index is 0.0385. The van der Waals surface area contributed by atoms with Gasteiger partial charge in [-0.05, 0) is 18.9 Å². The van der Waals surface area contributed by atoms with Crippen LogP contribution in [0.4, 0.5) is 0 Å². The van der Waals surface area contributed by atoms with Gasteiger partial charge in [0.25, 0.3) is 0 Å². The highest BCUT2D eigenvalue weighted by atomic mass is 31.2. The molecule has 0 aliphatic carbocycles. The van der Waals surface area contributed by atoms with E-state index in [1.807, 2.05) is 6.92 Å². The van der Waals surface area contributed by atoms with Crippen LogP contribution in [0.3, 0.4) is 0 Å². The van der Waals surface area contributed by atoms with Crippen LogP contribution >= 0.6 is 7.82 Å². The van der Waals surface area contributed by atoms with Gasteiger partial charge in [0.1, 0.15) is 6.10 Å². The molecular weight excluding hydrogens is 525 g/mol. The summed E-state index contributed by atoms with van der Waals surface area (Å²) in [6.45, 7) is 3.97. The maximum atomic E-state index is 12.7. The molecular formula is C27H46N3O8P. The molecule has 0 saturated carbocycles. The van der Waals surface area contributed by atoms with E-state index in [9.17, 15) is 14.3 Å². The molecule has 12 heteroatoms. The first-order valence-electron chi connectivity index (χ1n) is 14.6. The molecule has 1 aromatic rings. The number of nitrogens with one attached hydrogen (secondary N) is 1. The Bertz CT molecular complexity index is 990. The molecule has 222 valence electrons. The van der Waals surface area contributed by atoms with Crippen LogP contribution in [0.25, 0.3) is 0 Å². The van der Waals surface area contributed by atoms with Gasteiger partial charge in [0.15, 0.2) is 23.9 Å². The number of carbonyl (C=O) groups excluding carboxylic acids is 1. The topological polar surface area (TPSA) is 142 Å². The van der Waals surface area contributed by atoms with Crippen molar-refractivity contribution in [1.82, 2.24) is 9.55 Å². The lowest BCUT2D eigenvalue weighted by Gasteiger charge is -2.23. The van der Waals surface area contributed by atoms with Gasteiger partial charge in [-0.3, -0.25) is 23.8 Å². The van der Waals surface area contributed by atoms with Gasteiger partial charge in [-0.25, -0.2) is 4.57 Å². The van der Waals surface area contributed by atoms with Crippen LogP contribution in [-0.2, 0) is 27.9 Å². The molecule has 2 aliphatic heterocycles. The average Bonchev–Trinajstić information content (AvgIpc) is 3.41. The Morgan fingerprint density at radius 3 is 2.33 bits per heavy atom. The largest absolute Gasteiger partial charge is 0.472 e. The Kier molecular flexibility index (Phi) is 13.4. The van der Waals surface area contributed by atoms with Crippen molar-refractivity contribution in [2.45, 2.75) is 128 Å². The van der Waals surface area contributed by atoms with E-state index in [-0.39, 0.29) is 37.1 Å². The molecule has 5 unspecified atom stereocenters. The maximum absolute atomic E-state index is 12.7. The highest BCUT2D eigenvalue weighted by Crippen LogP contribution is 2.46. The number of phosphoric acid groups is 1. The number of nitrogens with zero attached hydrogens (tertiary/aromatic N) is 2. The molecule has 2 aliphatic rings. The number of rotatable bonds is 20. The molecule has 0 radical (unpaired) electrons. The summed E-state index contributed by atoms with van der Waals surface area (Å²) < 4.78 is 41.8. The molecule has 39 heavy (non-hydrogen) atoms. The number of esters is 1. The van der Waals surface area contributed by atoms with Crippen molar-refractivity contribution in [1.29, 1.82) is 5.41 Å². The molecule has 1 aromatic heterocycles. The van der Waals surface area contributed by atoms with Crippen LogP contribution in [0.2, 0.25) is 0 Å². The molecule has 0 spiro atoms. The number of fused-ring (bicyclic) bond motifs is 3. The van der Waals surface area contributed by atoms with Crippen molar-refractivity contribution < 1.29 is 37.5 Å². The molecule has 0 bridgehead atoms. The highest BCUT2D eigenvalue weighted by molar-refractivity contribution is 7.47. The van der Waals surface area contributed by atoms with E-state index in [1.165, 1.54) is 57.4 Å². The predicted molar refractivity (Wildman–Crippen MR) is 144 cm³/mol. The van der Waals surface area contributed by atoms with Crippen molar-refractivity contribution in [2.75, 3.05) is 13.2 Å². The molecule has 0 aromatic carbocycles. The molecule has 5 atom stereocenters. The first kappa shape index (κ1) is 31.7. The summed E-state index contributed by atoms with van der Waals surface area (Å²) in [5.41, 5.74) is 0.0385. The monoisotopic (exact) mass is 571 g/mol. The second-order valence-electron chi connectivity index (χ2n) is 10.3. The number of phosphoric ester groups is 1. The van der Waals surface area contributed by atoms with E-state index in [0.717, 1.165) is 25.7 Å². The minimum Gasteiger partial charge on any atom is -0.455 e. The molecule has 11 nitrogen and oxygen atoms in total. The number of hydrogen-bond donors (Lipinski definition) is 2. The third kappa shape index (κ3) is 10.3. The average molecular weight is 572 g/mol. The van der Waals surface area contributed by atoms with Crippen molar-refractivity contribution in [3.63, 3.8) is 0 Å². The van der Waals surface area contributed by atoms with E-state index in [2.05, 4.69) is 11.9 Å². The van der Waals surface area contributed by atoms with Crippen molar-refractivity contribution in [2.24, 2.45) is 0 Å². The van der Waals surface area contributed by atoms with E-state index < -0.39 is 32.4 Å². The summed E-state index contributed by atoms with van der Waals surface area (Å²) in [4.78, 5) is 26.8. The van der Waals surface area contributed by atoms with Crippen LogP contribution in [0.5, 0.6) is 6.01 Å². The summed E-state index contributed by atoms with van der Waals surface area (Å²) >= 11 is 0. The van der Waals surface area contributed by atoms with Gasteiger partial charge in [0, 0.05) is 12.6 Å². The zero-order chi connectivity index (χ0) is 28.1. The van der Waals surface area contributed by atoms with E-state index >= 15 is 0 Å². The molecule has 3 rings (SSSR count). The Morgan fingerprint density at radius 1 is 1.03 bits per heavy atom. The van der Waals surface area contributed by atoms with Crippen molar-refractivity contribution >= 4 is 13.8 Å². The third-order valence-electron chi connectivity index (χ3n) is 7.04. The Labute approximate surface area is 231 Å². The lowest BCUT2D eigenvalue weighted by atomic mass is 10.1. The zero-order valence-electron chi connectivity index (χ0n) is 23.4. The second kappa shape index (κ2) is 16.5. The molecule has 2 N–H and O–H groups in total. The van der Waals surface area contributed by atoms with Gasteiger partial charge < -0.3 is 19.1 Å². The number of carbonyl (C=O) groups is 1. The van der Waals surface area contributed by atoms with Gasteiger partial charge >= 0.3 is 19.8 Å². The summed E-state index contributed by atoms with van der Waals surface area (Å²) in [6.07, 6.45) is 13.3. The Morgan fingerprint density at radius 2 is 1.67 bits per heavy atom. The van der Waals surface area contributed by atoms with E-state index in [4.69, 9.17) is 28.7 Å². The number of ether oxygens (including phenoxy) is 3. The second-order valence-corrected chi connectivity index (χ2v) is 11.8. The molecule has 1 fully saturated rings. The van der Waals surface area contributed by atoms with Crippen LogP contribution in [-0.4, -0.2) is 51.9 Å². The molecule has 0 amide bonds. The lowest BCUT2D eigenvalue weighted by molar-refractivity contribution is -0.156. The smallest absolute Gasteiger partial charge is 0.455 e. The minimum atomic E-state index is -4.28. The normalized spacial score (nSPS) is 23.2. The Hall–Kier alpha value is -1.78. The van der Waals surface area contributed by atoms with Gasteiger partial charge in [-0.2, -0.15) is 4.98 Å². The highest BCUT2D eigenvalue weighted by Gasteiger charge is 2.54. The van der Waals surface area contributed by atoms with Gasteiger partial charge in [-0.15, -0.1) is 0 Å². The standard InChI is InChI=1S/C27H46N3O8P/c1-3-5-7-8-9-10-11-12-13-14-15-16-23(31)37-24-21(20-35-39(32,33)34-19-6-4-2)36-26-25(24)38-27-29-22(28)17-18-30(26)27/h17-18,21,24-26,28H,3-16,19-20H2,1-2H3,(H,32,33). The van der Waals surface area contributed by atoms with Gasteiger partial charge in [0.05, 0.1) is 13.2 Å². The van der Waals surface area contributed by atoms with Crippen LogP contribution < -0.4 is 10.2 Å².